The van der Waals surface area contributed by atoms with Gasteiger partial charge in [0.1, 0.15) is 91.9 Å². The molecule has 0 spiro atoms. The van der Waals surface area contributed by atoms with Crippen LogP contribution in [0.1, 0.15) is 262 Å². The number of rotatable bonds is 18. The summed E-state index contributed by atoms with van der Waals surface area (Å²) in [6.07, 6.45) is 9.81. The van der Waals surface area contributed by atoms with E-state index in [1.165, 1.54) is 73.1 Å². The third-order valence-corrected chi connectivity index (χ3v) is 16.3. The van der Waals surface area contributed by atoms with Gasteiger partial charge in [0, 0.05) is 60.6 Å². The number of nitrogens with zero attached hydrogens (tertiary/aromatic N) is 7. The molecule has 11 aromatic rings. The second-order valence-corrected chi connectivity index (χ2v) is 46.8. The van der Waals surface area contributed by atoms with Crippen molar-refractivity contribution in [3.63, 3.8) is 0 Å². The Kier molecular flexibility index (Phi) is 54.6. The van der Waals surface area contributed by atoms with Crippen LogP contribution in [0.4, 0.5) is 35.1 Å². The van der Waals surface area contributed by atoms with E-state index in [9.17, 15) is 35.1 Å². The lowest BCUT2D eigenvalue weighted by atomic mass is 9.99. The van der Waals surface area contributed by atoms with E-state index >= 15 is 0 Å². The molecule has 0 aliphatic carbocycles. The summed E-state index contributed by atoms with van der Waals surface area (Å²) in [5.41, 5.74) is 4.40. The first-order valence-corrected chi connectivity index (χ1v) is 47.9. The van der Waals surface area contributed by atoms with Gasteiger partial charge >= 0.3 is 0 Å². The number of ether oxygens (including phenoxy) is 11. The smallest absolute Gasteiger partial charge is 0.216 e. The average Bonchev–Trinajstić information content (AvgIpc) is 0.893. The number of halogens is 9. The first-order chi connectivity index (χ1) is 65.4. The lowest BCUT2D eigenvalue weighted by Crippen LogP contribution is -2.23. The molecular weight excluding hydrogens is 1850 g/mol. The average molecular weight is 2020 g/mol. The second kappa shape index (κ2) is 60.3. The topological polar surface area (TPSA) is 192 Å². The van der Waals surface area contributed by atoms with Crippen molar-refractivity contribution in [1.82, 2.24) is 34.9 Å². The van der Waals surface area contributed by atoms with E-state index in [-0.39, 0.29) is 107 Å². The van der Waals surface area contributed by atoms with Crippen molar-refractivity contribution >= 4 is 11.6 Å². The molecule has 0 aliphatic heterocycles. The SMILES string of the molecule is CC(C)(C)COc1ccc(F)cc1.CC(C)(C)COc1ccc(F)cn1.CC(C)(C)COc1ccccn1.CC(C)(C)Oc1ccc(F)cc1.CC(C)(C)Oc1ccc(F)cn1.Cc1cc(Cl)cnc1OCC(C)(C)C.Cc1cc(OC(C)(C)C)ccc1F.Cc1cc(OC(C)(C)C)ncc1F.Cc1cc(OCC(C)(C)C)ccc1F.Cc1cc(OCC(C)(C)C)ncc1F.Cc1ccc(OCC(C)(C)C)nc1. The molecule has 0 bridgehead atoms. The van der Waals surface area contributed by atoms with Crippen LogP contribution in [0, 0.1) is 126 Å². The maximum absolute atomic E-state index is 12.9. The number of benzene rings is 4. The molecule has 7 heterocycles. The number of aryl methyl sites for hydroxylation is 6. The van der Waals surface area contributed by atoms with E-state index in [1.54, 1.807) is 101 Å². The van der Waals surface area contributed by atoms with Crippen molar-refractivity contribution < 1.29 is 87.2 Å². The lowest BCUT2D eigenvalue weighted by Gasteiger charge is -2.21. The highest BCUT2D eigenvalue weighted by Crippen LogP contribution is 2.29. The van der Waals surface area contributed by atoms with E-state index < -0.39 is 0 Å². The highest BCUT2D eigenvalue weighted by atomic mass is 35.5. The van der Waals surface area contributed by atoms with E-state index in [0.717, 1.165) is 35.0 Å². The van der Waals surface area contributed by atoms with Gasteiger partial charge in [-0.25, -0.2) is 70.0 Å². The predicted molar refractivity (Wildman–Crippen MR) is 565 cm³/mol. The van der Waals surface area contributed by atoms with Gasteiger partial charge in [0.2, 0.25) is 41.2 Å². The molecule has 4 aromatic carbocycles. The van der Waals surface area contributed by atoms with Gasteiger partial charge in [-0.15, -0.1) is 0 Å². The monoisotopic (exact) mass is 2020 g/mol. The molecule has 143 heavy (non-hydrogen) atoms. The molecule has 0 radical (unpaired) electrons. The minimum absolute atomic E-state index is 0.0873. The third-order valence-electron chi connectivity index (χ3n) is 16.1. The molecule has 7 aromatic heterocycles. The zero-order valence-electron chi connectivity index (χ0n) is 92.5. The lowest BCUT2D eigenvalue weighted by molar-refractivity contribution is 0.123. The van der Waals surface area contributed by atoms with Gasteiger partial charge in [-0.05, 0) is 300 Å². The molecule has 0 aliphatic rings. The number of hydrogen-bond donors (Lipinski definition) is 0. The Labute approximate surface area is 855 Å². The summed E-state index contributed by atoms with van der Waals surface area (Å²) in [4.78, 5) is 27.6. The first kappa shape index (κ1) is 129. The molecule has 0 fully saturated rings. The Morgan fingerprint density at radius 2 is 0.531 bits per heavy atom. The Morgan fingerprint density at radius 1 is 0.224 bits per heavy atom. The van der Waals surface area contributed by atoms with Crippen LogP contribution in [-0.4, -0.2) is 104 Å². The van der Waals surface area contributed by atoms with E-state index in [2.05, 4.69) is 180 Å². The fourth-order valence-electron chi connectivity index (χ4n) is 9.49. The first-order valence-electron chi connectivity index (χ1n) is 47.5. The maximum Gasteiger partial charge on any atom is 0.216 e. The van der Waals surface area contributed by atoms with Gasteiger partial charge in [-0.1, -0.05) is 169 Å². The normalized spacial score (nSPS) is 11.4. The molecule has 0 N–H and O–H groups in total. The standard InChI is InChI=1S/C12H17FO.C11H16ClNO.C11H16FNO.2C11H15FO.C11H17NO.2C10H14FNO.C10H13FO.C10H15NO.C9H12FNO/c1-9-7-10(5-6-11(9)13)14-8-12(2,3)4;1-8-5-9(12)6-13-10(8)14-7-11(2,3)4;1-8-5-10(13-6-9(8)12)14-7-11(2,3)4;1-8-7-9(5-6-10(8)12)13-11(2,3)4;1-11(2,3)8-13-10-6-4-9(12)5-7-10;1-9-5-6-10(12-7-9)13-8-11(2,3)4;1-7-5-9(12-6-8(7)11)13-10(2,3)4;1-10(2,3)7-13-9-5-4-8(11)6-12-9;1-10(2,3)12-9-6-4-8(11)5-7-9;1-10(2,3)8-12-9-6-4-5-7-11-9;1-9(2,3)12-8-5-4-7(10)6-11-8/h5-7H,8H2,1-4H3;2*5-6H,7H2,1-4H3;5-7H,1-4H3;4-7H,8H2,1-3H3;5-7H,8H2,1-4H3;5-6H,1-4H3;4-6H,7H2,1-3H3;4-7H,1-3H3;4-7H,8H2,1-3H3;4-6H,1-3H3. The van der Waals surface area contributed by atoms with Crippen molar-refractivity contribution in [3.05, 3.63) is 286 Å². The summed E-state index contributed by atoms with van der Waals surface area (Å²) in [6.45, 7) is 82.7. The molecule has 18 nitrogen and oxygen atoms in total. The van der Waals surface area contributed by atoms with Crippen molar-refractivity contribution in [1.29, 1.82) is 0 Å². The van der Waals surface area contributed by atoms with Gasteiger partial charge < -0.3 is 52.1 Å². The fraction of sp³-hybridized carbons (Fsp3) is 0.491. The zero-order valence-corrected chi connectivity index (χ0v) is 93.3. The molecule has 0 saturated carbocycles. The summed E-state index contributed by atoms with van der Waals surface area (Å²) >= 11 is 5.79. The van der Waals surface area contributed by atoms with E-state index in [0.29, 0.717) is 126 Å². The van der Waals surface area contributed by atoms with Gasteiger partial charge in [-0.2, -0.15) is 0 Å². The van der Waals surface area contributed by atoms with Crippen molar-refractivity contribution in [3.8, 4) is 64.2 Å². The minimum Gasteiger partial charge on any atom is -0.493 e. The summed E-state index contributed by atoms with van der Waals surface area (Å²) in [7, 11) is 0. The molecular formula is C116H164ClF8N7O11. The van der Waals surface area contributed by atoms with Gasteiger partial charge in [-0.3, -0.25) is 0 Å². The molecule has 27 heteroatoms. The van der Waals surface area contributed by atoms with Crippen molar-refractivity contribution in [2.75, 3.05) is 46.2 Å². The van der Waals surface area contributed by atoms with Crippen LogP contribution in [0.2, 0.25) is 5.02 Å². The Morgan fingerprint density at radius 3 is 0.895 bits per heavy atom. The van der Waals surface area contributed by atoms with Crippen LogP contribution in [0.25, 0.3) is 0 Å². The molecule has 792 valence electrons. The van der Waals surface area contributed by atoms with Crippen molar-refractivity contribution in [2.45, 2.75) is 292 Å². The highest BCUT2D eigenvalue weighted by molar-refractivity contribution is 6.30. The number of pyridine rings is 7. The van der Waals surface area contributed by atoms with E-state index in [1.807, 2.05) is 140 Å². The zero-order chi connectivity index (χ0) is 110. The Bertz CT molecular complexity index is 5050. The summed E-state index contributed by atoms with van der Waals surface area (Å²) in [5, 5.41) is 0.644. The molecule has 0 atom stereocenters. The minimum atomic E-state index is -0.351. The summed E-state index contributed by atoms with van der Waals surface area (Å²) < 4.78 is 162. The fourth-order valence-corrected chi connectivity index (χ4v) is 9.70. The molecule has 0 amide bonds. The van der Waals surface area contributed by atoms with Crippen LogP contribution in [0.3, 0.4) is 0 Å². The molecule has 0 unspecified atom stereocenters. The Balaban J connectivity index is 0.000000787. The second-order valence-electron chi connectivity index (χ2n) is 46.3. The Hall–Kier alpha value is -11.5. The van der Waals surface area contributed by atoms with Gasteiger partial charge in [0.05, 0.1) is 76.1 Å². The third kappa shape index (κ3) is 71.6. The maximum atomic E-state index is 12.9. The molecule has 11 rings (SSSR count). The molecule has 0 saturated heterocycles. The van der Waals surface area contributed by atoms with Crippen LogP contribution in [0.5, 0.6) is 64.2 Å². The quantitative estimate of drug-likeness (QED) is 0.0736. The number of hydrogen-bond acceptors (Lipinski definition) is 18. The highest BCUT2D eigenvalue weighted by Gasteiger charge is 2.21. The van der Waals surface area contributed by atoms with Crippen molar-refractivity contribution in [2.24, 2.45) is 37.9 Å². The van der Waals surface area contributed by atoms with Crippen LogP contribution < -0.4 is 52.1 Å². The largest absolute Gasteiger partial charge is 0.493 e. The van der Waals surface area contributed by atoms with E-state index in [4.69, 9.17) is 63.7 Å². The van der Waals surface area contributed by atoms with Gasteiger partial charge in [0.25, 0.3) is 0 Å². The predicted octanol–water partition coefficient (Wildman–Crippen LogP) is 32.6. The number of aromatic nitrogens is 7. The van der Waals surface area contributed by atoms with Crippen LogP contribution in [-0.2, 0) is 0 Å². The summed E-state index contributed by atoms with van der Waals surface area (Å²) in [6, 6.07) is 42.1. The van der Waals surface area contributed by atoms with Gasteiger partial charge in [0.15, 0.2) is 0 Å². The van der Waals surface area contributed by atoms with Crippen LogP contribution in [0.15, 0.2) is 201 Å². The summed E-state index contributed by atoms with van der Waals surface area (Å²) in [5.74, 6) is 4.66. The van der Waals surface area contributed by atoms with Crippen LogP contribution >= 0.6 is 11.6 Å².